The SMILES string of the molecule is Cc1cc(OCCN(C)C)cc2c(=O)c(C(=O)O)cn(C(C)C)c12. The maximum Gasteiger partial charge on any atom is 0.341 e. The van der Waals surface area contributed by atoms with E-state index in [0.29, 0.717) is 17.7 Å². The molecule has 24 heavy (non-hydrogen) atoms. The summed E-state index contributed by atoms with van der Waals surface area (Å²) in [5.74, 6) is -0.635. The Hall–Kier alpha value is -2.34. The van der Waals surface area contributed by atoms with Crippen LogP contribution >= 0.6 is 0 Å². The number of fused-ring (bicyclic) bond motifs is 1. The summed E-state index contributed by atoms with van der Waals surface area (Å²) in [7, 11) is 3.91. The third kappa shape index (κ3) is 3.59. The van der Waals surface area contributed by atoms with Crippen molar-refractivity contribution in [2.75, 3.05) is 27.2 Å². The van der Waals surface area contributed by atoms with Gasteiger partial charge in [-0.1, -0.05) is 0 Å². The smallest absolute Gasteiger partial charge is 0.341 e. The lowest BCUT2D eigenvalue weighted by Crippen LogP contribution is -2.21. The van der Waals surface area contributed by atoms with E-state index in [2.05, 4.69) is 0 Å². The summed E-state index contributed by atoms with van der Waals surface area (Å²) in [6.45, 7) is 7.06. The summed E-state index contributed by atoms with van der Waals surface area (Å²) in [6, 6.07) is 3.56. The van der Waals surface area contributed by atoms with E-state index in [4.69, 9.17) is 4.74 Å². The van der Waals surface area contributed by atoms with E-state index in [0.717, 1.165) is 17.6 Å². The zero-order chi connectivity index (χ0) is 18.0. The Bertz CT molecular complexity index is 822. The number of rotatable bonds is 6. The number of carboxylic acids is 1. The zero-order valence-electron chi connectivity index (χ0n) is 14.8. The molecule has 2 aromatic rings. The maximum atomic E-state index is 12.6. The van der Waals surface area contributed by atoms with Crippen LogP contribution in [-0.2, 0) is 0 Å². The number of hydrogen-bond donors (Lipinski definition) is 1. The molecule has 6 heteroatoms. The predicted molar refractivity (Wildman–Crippen MR) is 94.3 cm³/mol. The van der Waals surface area contributed by atoms with Crippen molar-refractivity contribution in [2.45, 2.75) is 26.8 Å². The first-order valence-electron chi connectivity index (χ1n) is 7.92. The summed E-state index contributed by atoms with van der Waals surface area (Å²) in [6.07, 6.45) is 1.43. The van der Waals surface area contributed by atoms with Gasteiger partial charge in [0.2, 0.25) is 5.43 Å². The first-order valence-corrected chi connectivity index (χ1v) is 7.92. The van der Waals surface area contributed by atoms with Crippen LogP contribution < -0.4 is 10.2 Å². The minimum absolute atomic E-state index is 0.0328. The van der Waals surface area contributed by atoms with Gasteiger partial charge in [-0.3, -0.25) is 4.79 Å². The summed E-state index contributed by atoms with van der Waals surface area (Å²) in [5.41, 5.74) is 0.937. The van der Waals surface area contributed by atoms with Crippen LogP contribution in [0.3, 0.4) is 0 Å². The van der Waals surface area contributed by atoms with Gasteiger partial charge in [0.05, 0.1) is 10.9 Å². The first-order chi connectivity index (χ1) is 11.2. The zero-order valence-corrected chi connectivity index (χ0v) is 14.8. The molecule has 0 aliphatic heterocycles. The Kier molecular flexibility index (Phi) is 5.29. The number of aryl methyl sites for hydroxylation is 1. The molecule has 0 saturated carbocycles. The molecule has 0 aliphatic carbocycles. The van der Waals surface area contributed by atoms with Crippen LogP contribution in [0.15, 0.2) is 23.1 Å². The highest BCUT2D eigenvalue weighted by molar-refractivity contribution is 5.94. The summed E-state index contributed by atoms with van der Waals surface area (Å²) < 4.78 is 7.56. The molecular formula is C18H24N2O4. The van der Waals surface area contributed by atoms with Gasteiger partial charge in [0.25, 0.3) is 0 Å². The van der Waals surface area contributed by atoms with Crippen LogP contribution in [0, 0.1) is 6.92 Å². The van der Waals surface area contributed by atoms with Gasteiger partial charge < -0.3 is 19.3 Å². The van der Waals surface area contributed by atoms with Crippen LogP contribution in [0.1, 0.15) is 35.8 Å². The van der Waals surface area contributed by atoms with Crippen molar-refractivity contribution in [3.05, 3.63) is 39.7 Å². The van der Waals surface area contributed by atoms with Gasteiger partial charge in [-0.25, -0.2) is 4.79 Å². The molecular weight excluding hydrogens is 308 g/mol. The van der Waals surface area contributed by atoms with Crippen molar-refractivity contribution in [1.29, 1.82) is 0 Å². The number of aromatic carboxylic acids is 1. The highest BCUT2D eigenvalue weighted by Crippen LogP contribution is 2.26. The number of carbonyl (C=O) groups is 1. The van der Waals surface area contributed by atoms with Crippen molar-refractivity contribution >= 4 is 16.9 Å². The van der Waals surface area contributed by atoms with Crippen molar-refractivity contribution in [1.82, 2.24) is 9.47 Å². The standard InChI is InChI=1S/C18H24N2O4/c1-11(2)20-10-15(18(22)23)17(21)14-9-13(8-12(3)16(14)20)24-7-6-19(4)5/h8-11H,6-7H2,1-5H3,(H,22,23). The molecule has 1 N–H and O–H groups in total. The normalized spacial score (nSPS) is 11.5. The van der Waals surface area contributed by atoms with Gasteiger partial charge in [-0.05, 0) is 52.6 Å². The fourth-order valence-electron chi connectivity index (χ4n) is 2.66. The van der Waals surface area contributed by atoms with E-state index < -0.39 is 11.4 Å². The average Bonchev–Trinajstić information content (AvgIpc) is 2.47. The van der Waals surface area contributed by atoms with Gasteiger partial charge in [0.1, 0.15) is 17.9 Å². The van der Waals surface area contributed by atoms with Crippen molar-refractivity contribution < 1.29 is 14.6 Å². The van der Waals surface area contributed by atoms with Crippen LogP contribution in [0.25, 0.3) is 10.9 Å². The number of aromatic nitrogens is 1. The Morgan fingerprint density at radius 3 is 2.54 bits per heavy atom. The molecule has 0 fully saturated rings. The number of likely N-dealkylation sites (N-methyl/N-ethyl adjacent to an activating group) is 1. The monoisotopic (exact) mass is 332 g/mol. The number of carboxylic acid groups (broad SMARTS) is 1. The molecule has 130 valence electrons. The molecule has 0 aliphatic rings. The molecule has 0 radical (unpaired) electrons. The molecule has 0 spiro atoms. The van der Waals surface area contributed by atoms with Gasteiger partial charge in [-0.2, -0.15) is 0 Å². The summed E-state index contributed by atoms with van der Waals surface area (Å²) >= 11 is 0. The van der Waals surface area contributed by atoms with Crippen LogP contribution in [0.4, 0.5) is 0 Å². The highest BCUT2D eigenvalue weighted by Gasteiger charge is 2.18. The van der Waals surface area contributed by atoms with E-state index >= 15 is 0 Å². The molecule has 0 bridgehead atoms. The molecule has 1 aromatic heterocycles. The minimum Gasteiger partial charge on any atom is -0.492 e. The number of benzene rings is 1. The number of hydrogen-bond acceptors (Lipinski definition) is 4. The van der Waals surface area contributed by atoms with E-state index in [1.54, 1.807) is 6.07 Å². The van der Waals surface area contributed by atoms with E-state index in [9.17, 15) is 14.7 Å². The van der Waals surface area contributed by atoms with E-state index in [1.165, 1.54) is 6.20 Å². The molecule has 1 aromatic carbocycles. The Morgan fingerprint density at radius 1 is 1.33 bits per heavy atom. The number of ether oxygens (including phenoxy) is 1. The Balaban J connectivity index is 2.64. The fourth-order valence-corrected chi connectivity index (χ4v) is 2.66. The maximum absolute atomic E-state index is 12.6. The minimum atomic E-state index is -1.21. The molecule has 2 rings (SSSR count). The number of pyridine rings is 1. The lowest BCUT2D eigenvalue weighted by Gasteiger charge is -2.19. The van der Waals surface area contributed by atoms with Crippen LogP contribution in [-0.4, -0.2) is 47.8 Å². The third-order valence-electron chi connectivity index (χ3n) is 3.88. The van der Waals surface area contributed by atoms with Crippen molar-refractivity contribution in [3.8, 4) is 5.75 Å². The van der Waals surface area contributed by atoms with Gasteiger partial charge in [0, 0.05) is 18.8 Å². The van der Waals surface area contributed by atoms with Gasteiger partial charge in [-0.15, -0.1) is 0 Å². The van der Waals surface area contributed by atoms with Gasteiger partial charge in [0.15, 0.2) is 0 Å². The lowest BCUT2D eigenvalue weighted by molar-refractivity contribution is 0.0694. The van der Waals surface area contributed by atoms with E-state index in [1.807, 2.05) is 50.4 Å². The average molecular weight is 332 g/mol. The topological polar surface area (TPSA) is 71.8 Å². The summed E-state index contributed by atoms with van der Waals surface area (Å²) in [4.78, 5) is 26.0. The molecule has 0 unspecified atom stereocenters. The highest BCUT2D eigenvalue weighted by atomic mass is 16.5. The first kappa shape index (κ1) is 18.0. The fraction of sp³-hybridized carbons (Fsp3) is 0.444. The van der Waals surface area contributed by atoms with Crippen LogP contribution in [0.2, 0.25) is 0 Å². The third-order valence-corrected chi connectivity index (χ3v) is 3.88. The van der Waals surface area contributed by atoms with Gasteiger partial charge >= 0.3 is 5.97 Å². The molecule has 1 heterocycles. The van der Waals surface area contributed by atoms with E-state index in [-0.39, 0.29) is 11.6 Å². The largest absolute Gasteiger partial charge is 0.492 e. The summed E-state index contributed by atoms with van der Waals surface area (Å²) in [5, 5.41) is 9.70. The Labute approximate surface area is 141 Å². The predicted octanol–water partition coefficient (Wildman–Crippen LogP) is 2.53. The number of nitrogens with zero attached hydrogens (tertiary/aromatic N) is 2. The molecule has 6 nitrogen and oxygen atoms in total. The van der Waals surface area contributed by atoms with Crippen molar-refractivity contribution in [3.63, 3.8) is 0 Å². The van der Waals surface area contributed by atoms with Crippen molar-refractivity contribution in [2.24, 2.45) is 0 Å². The second-order valence-electron chi connectivity index (χ2n) is 6.47. The lowest BCUT2D eigenvalue weighted by atomic mass is 10.1. The molecule has 0 atom stereocenters. The van der Waals surface area contributed by atoms with Crippen LogP contribution in [0.5, 0.6) is 5.75 Å². The quantitative estimate of drug-likeness (QED) is 0.880. The molecule has 0 saturated heterocycles. The second kappa shape index (κ2) is 7.05. The second-order valence-corrected chi connectivity index (χ2v) is 6.47. The Morgan fingerprint density at radius 2 is 2.00 bits per heavy atom. The molecule has 0 amide bonds.